The maximum Gasteiger partial charge on any atom is 0.428 e. The van der Waals surface area contributed by atoms with Gasteiger partial charge in [0.05, 0.1) is 10.6 Å². The van der Waals surface area contributed by atoms with Gasteiger partial charge in [-0.15, -0.1) is 0 Å². The Kier molecular flexibility index (Phi) is 4.83. The number of aryl methyl sites for hydroxylation is 1. The van der Waals surface area contributed by atoms with E-state index in [0.717, 1.165) is 18.2 Å². The highest BCUT2D eigenvalue weighted by Gasteiger charge is 2.59. The van der Waals surface area contributed by atoms with Crippen LogP contribution in [0.3, 0.4) is 0 Å². The summed E-state index contributed by atoms with van der Waals surface area (Å²) in [6.45, 7) is 1.53. The van der Waals surface area contributed by atoms with Gasteiger partial charge in [-0.25, -0.2) is 0 Å². The molecule has 0 amide bonds. The number of alkyl halides is 3. The van der Waals surface area contributed by atoms with Gasteiger partial charge in [-0.1, -0.05) is 35.3 Å². The monoisotopic (exact) mass is 418 g/mol. The molecule has 1 unspecified atom stereocenters. The first-order valence-electron chi connectivity index (χ1n) is 7.49. The molecule has 142 valence electrons. The van der Waals surface area contributed by atoms with Crippen molar-refractivity contribution in [3.05, 3.63) is 79.3 Å². The molecule has 27 heavy (non-hydrogen) atoms. The Hall–Kier alpha value is -2.29. The number of halogens is 5. The molecule has 1 atom stereocenters. The van der Waals surface area contributed by atoms with E-state index in [4.69, 9.17) is 28.0 Å². The number of benzene rings is 2. The molecule has 1 heterocycles. The molecule has 0 bridgehead atoms. The molecular weight excluding hydrogens is 408 g/mol. The van der Waals surface area contributed by atoms with Gasteiger partial charge in [-0.05, 0) is 31.2 Å². The van der Waals surface area contributed by atoms with Gasteiger partial charge < -0.3 is 0 Å². The summed E-state index contributed by atoms with van der Waals surface area (Å²) in [7, 11) is 0. The maximum atomic E-state index is 13.9. The Morgan fingerprint density at radius 3 is 2.33 bits per heavy atom. The molecule has 0 spiro atoms. The minimum atomic E-state index is -4.85. The standard InChI is InChI=1S/C17H11Cl2F3N2O3/c1-9-2-3-10(4-15(9)24(25)26)14-8-16(27-23-14,17(20,21)22)11-5-12(18)7-13(19)6-11/h2-8,23H,1H3. The van der Waals surface area contributed by atoms with Gasteiger partial charge in [0.2, 0.25) is 5.60 Å². The lowest BCUT2D eigenvalue weighted by Gasteiger charge is -2.28. The zero-order valence-corrected chi connectivity index (χ0v) is 15.1. The topological polar surface area (TPSA) is 64.4 Å². The zero-order valence-electron chi connectivity index (χ0n) is 13.6. The van der Waals surface area contributed by atoms with Crippen LogP contribution in [0.25, 0.3) is 5.70 Å². The molecule has 0 aliphatic carbocycles. The Labute approximate surface area is 161 Å². The SMILES string of the molecule is Cc1ccc(C2=CC(c3cc(Cl)cc(Cl)c3)(C(F)(F)F)ON2)cc1[N+](=O)[O-]. The van der Waals surface area contributed by atoms with Crippen molar-refractivity contribution in [3.8, 4) is 0 Å². The van der Waals surface area contributed by atoms with Gasteiger partial charge in [0, 0.05) is 32.8 Å². The van der Waals surface area contributed by atoms with Crippen molar-refractivity contribution < 1.29 is 22.9 Å². The van der Waals surface area contributed by atoms with Crippen LogP contribution < -0.4 is 5.48 Å². The summed E-state index contributed by atoms with van der Waals surface area (Å²) in [4.78, 5) is 15.4. The third-order valence-electron chi connectivity index (χ3n) is 4.10. The van der Waals surface area contributed by atoms with Crippen LogP contribution in [-0.4, -0.2) is 11.1 Å². The maximum absolute atomic E-state index is 13.9. The highest BCUT2D eigenvalue weighted by molar-refractivity contribution is 6.34. The lowest BCUT2D eigenvalue weighted by Crippen LogP contribution is -2.42. The van der Waals surface area contributed by atoms with Gasteiger partial charge in [0.15, 0.2) is 0 Å². The van der Waals surface area contributed by atoms with Gasteiger partial charge >= 0.3 is 6.18 Å². The number of nitro benzene ring substituents is 1. The van der Waals surface area contributed by atoms with Crippen molar-refractivity contribution in [1.82, 2.24) is 5.48 Å². The van der Waals surface area contributed by atoms with Gasteiger partial charge in [0.25, 0.3) is 5.69 Å². The third-order valence-corrected chi connectivity index (χ3v) is 4.54. The number of nitro groups is 1. The van der Waals surface area contributed by atoms with Crippen molar-refractivity contribution in [2.45, 2.75) is 18.7 Å². The number of nitrogens with one attached hydrogen (secondary N) is 1. The fraction of sp³-hybridized carbons (Fsp3) is 0.176. The minimum Gasteiger partial charge on any atom is -0.265 e. The molecule has 1 aliphatic rings. The van der Waals surface area contributed by atoms with E-state index in [1.54, 1.807) is 0 Å². The zero-order chi connectivity index (χ0) is 20.0. The fourth-order valence-corrected chi connectivity index (χ4v) is 3.25. The minimum absolute atomic E-state index is 0.0116. The van der Waals surface area contributed by atoms with E-state index in [1.807, 2.05) is 0 Å². The van der Waals surface area contributed by atoms with Crippen molar-refractivity contribution >= 4 is 34.6 Å². The van der Waals surface area contributed by atoms with Crippen LogP contribution in [0, 0.1) is 17.0 Å². The largest absolute Gasteiger partial charge is 0.428 e. The Morgan fingerprint density at radius 1 is 1.15 bits per heavy atom. The average molecular weight is 419 g/mol. The number of rotatable bonds is 3. The summed E-state index contributed by atoms with van der Waals surface area (Å²) in [6.07, 6.45) is -4.05. The normalized spacial score (nSPS) is 19.6. The summed E-state index contributed by atoms with van der Waals surface area (Å²) in [5, 5.41) is 11.1. The lowest BCUT2D eigenvalue weighted by molar-refractivity contribution is -0.385. The predicted molar refractivity (Wildman–Crippen MR) is 94.2 cm³/mol. The van der Waals surface area contributed by atoms with E-state index >= 15 is 0 Å². The van der Waals surface area contributed by atoms with Crippen molar-refractivity contribution in [2.24, 2.45) is 0 Å². The highest BCUT2D eigenvalue weighted by Crippen LogP contribution is 2.48. The summed E-state index contributed by atoms with van der Waals surface area (Å²) in [5.74, 6) is 0. The third kappa shape index (κ3) is 3.47. The first kappa shape index (κ1) is 19.5. The Morgan fingerprint density at radius 2 is 1.78 bits per heavy atom. The summed E-state index contributed by atoms with van der Waals surface area (Å²) in [6, 6.07) is 7.57. The molecule has 2 aromatic carbocycles. The number of nitrogens with zero attached hydrogens (tertiary/aromatic N) is 1. The van der Waals surface area contributed by atoms with E-state index in [2.05, 4.69) is 5.48 Å². The fourth-order valence-electron chi connectivity index (χ4n) is 2.73. The van der Waals surface area contributed by atoms with Crippen molar-refractivity contribution in [2.75, 3.05) is 0 Å². The molecular formula is C17H11Cl2F3N2O3. The molecule has 0 fully saturated rings. The van der Waals surface area contributed by atoms with E-state index < -0.39 is 16.7 Å². The van der Waals surface area contributed by atoms with Gasteiger partial charge in [-0.2, -0.15) is 13.2 Å². The quantitative estimate of drug-likeness (QED) is 0.524. The second kappa shape index (κ2) is 6.70. The smallest absolute Gasteiger partial charge is 0.265 e. The average Bonchev–Trinajstić information content (AvgIpc) is 3.00. The number of hydroxylamine groups is 1. The second-order valence-electron chi connectivity index (χ2n) is 5.91. The molecule has 2 aromatic rings. The van der Waals surface area contributed by atoms with E-state index in [1.165, 1.54) is 31.2 Å². The van der Waals surface area contributed by atoms with Crippen molar-refractivity contribution in [1.29, 1.82) is 0 Å². The summed E-state index contributed by atoms with van der Waals surface area (Å²) in [5.41, 5.74) is -0.674. The summed E-state index contributed by atoms with van der Waals surface area (Å²) >= 11 is 11.7. The molecule has 1 aliphatic heterocycles. The summed E-state index contributed by atoms with van der Waals surface area (Å²) < 4.78 is 41.8. The first-order chi connectivity index (χ1) is 12.5. The molecule has 3 rings (SSSR count). The Balaban J connectivity index is 2.15. The molecule has 5 nitrogen and oxygen atoms in total. The number of hydrogen-bond acceptors (Lipinski definition) is 4. The molecule has 0 radical (unpaired) electrons. The van der Waals surface area contributed by atoms with Crippen LogP contribution in [0.5, 0.6) is 0 Å². The molecule has 0 saturated carbocycles. The first-order valence-corrected chi connectivity index (χ1v) is 8.25. The highest BCUT2D eigenvalue weighted by atomic mass is 35.5. The molecule has 1 N–H and O–H groups in total. The van der Waals surface area contributed by atoms with E-state index in [0.29, 0.717) is 5.56 Å². The van der Waals surface area contributed by atoms with Crippen LogP contribution >= 0.6 is 23.2 Å². The van der Waals surface area contributed by atoms with Crippen LogP contribution in [0.2, 0.25) is 10.0 Å². The lowest BCUT2D eigenvalue weighted by atomic mass is 9.91. The molecule has 0 saturated heterocycles. The van der Waals surface area contributed by atoms with Crippen LogP contribution in [0.15, 0.2) is 42.5 Å². The van der Waals surface area contributed by atoms with Crippen molar-refractivity contribution in [3.63, 3.8) is 0 Å². The molecule has 0 aromatic heterocycles. The number of hydrogen-bond donors (Lipinski definition) is 1. The van der Waals surface area contributed by atoms with Gasteiger partial charge in [-0.3, -0.25) is 20.4 Å². The van der Waals surface area contributed by atoms with E-state index in [-0.39, 0.29) is 32.6 Å². The Bertz CT molecular complexity index is 943. The van der Waals surface area contributed by atoms with Crippen LogP contribution in [0.1, 0.15) is 16.7 Å². The van der Waals surface area contributed by atoms with Crippen LogP contribution in [0.4, 0.5) is 18.9 Å². The predicted octanol–water partition coefficient (Wildman–Crippen LogP) is 5.54. The van der Waals surface area contributed by atoms with Gasteiger partial charge in [0.1, 0.15) is 0 Å². The second-order valence-corrected chi connectivity index (χ2v) is 6.78. The molecule has 10 heteroatoms. The van der Waals surface area contributed by atoms with E-state index in [9.17, 15) is 23.3 Å². The van der Waals surface area contributed by atoms with Crippen LogP contribution in [-0.2, 0) is 10.4 Å².